The lowest BCUT2D eigenvalue weighted by Crippen LogP contribution is -2.10. The van der Waals surface area contributed by atoms with Crippen molar-refractivity contribution in [3.05, 3.63) is 41.7 Å². The molecular formula is C13H11N3O2S. The predicted octanol–water partition coefficient (Wildman–Crippen LogP) is 1.92. The van der Waals surface area contributed by atoms with Crippen LogP contribution >= 0.6 is 11.8 Å². The quantitative estimate of drug-likeness (QED) is 0.818. The van der Waals surface area contributed by atoms with Gasteiger partial charge in [-0.15, -0.1) is 0 Å². The van der Waals surface area contributed by atoms with Crippen LogP contribution in [0, 0.1) is 6.92 Å². The van der Waals surface area contributed by atoms with E-state index in [0.29, 0.717) is 16.4 Å². The van der Waals surface area contributed by atoms with Crippen molar-refractivity contribution in [1.82, 2.24) is 9.97 Å². The average molecular weight is 273 g/mol. The fourth-order valence-electron chi connectivity index (χ4n) is 1.87. The van der Waals surface area contributed by atoms with E-state index in [0.717, 1.165) is 10.6 Å². The van der Waals surface area contributed by atoms with E-state index in [9.17, 15) is 9.90 Å². The molecule has 1 atom stereocenters. The summed E-state index contributed by atoms with van der Waals surface area (Å²) < 4.78 is 0. The second-order valence-electron chi connectivity index (χ2n) is 4.22. The first kappa shape index (κ1) is 12.1. The Morgan fingerprint density at radius 3 is 3.00 bits per heavy atom. The van der Waals surface area contributed by atoms with Gasteiger partial charge in [-0.05, 0) is 36.9 Å². The Hall–Kier alpha value is -1.92. The number of hydrogen-bond donors (Lipinski definition) is 2. The molecular weight excluding hydrogens is 262 g/mol. The van der Waals surface area contributed by atoms with Crippen molar-refractivity contribution in [2.75, 3.05) is 5.32 Å². The van der Waals surface area contributed by atoms with Gasteiger partial charge in [0.2, 0.25) is 0 Å². The number of rotatable bonds is 2. The minimum Gasteiger partial charge on any atom is -0.378 e. The normalized spacial score (nSPS) is 17.2. The van der Waals surface area contributed by atoms with E-state index < -0.39 is 6.10 Å². The van der Waals surface area contributed by atoms with Crippen LogP contribution in [0.5, 0.6) is 0 Å². The van der Waals surface area contributed by atoms with Crippen LogP contribution in [0.15, 0.2) is 40.5 Å². The molecule has 1 amide bonds. The second-order valence-corrected chi connectivity index (χ2v) is 5.26. The van der Waals surface area contributed by atoms with Gasteiger partial charge in [-0.25, -0.2) is 9.97 Å². The van der Waals surface area contributed by atoms with Crippen molar-refractivity contribution >= 4 is 23.4 Å². The molecule has 2 aromatic rings. The third kappa shape index (κ3) is 2.32. The zero-order valence-corrected chi connectivity index (χ0v) is 10.9. The molecule has 0 saturated carbocycles. The van der Waals surface area contributed by atoms with Gasteiger partial charge in [0.05, 0.1) is 0 Å². The number of nitrogens with one attached hydrogen (secondary N) is 1. The molecule has 0 spiro atoms. The van der Waals surface area contributed by atoms with Gasteiger partial charge in [0.1, 0.15) is 0 Å². The highest BCUT2D eigenvalue weighted by molar-refractivity contribution is 7.99. The van der Waals surface area contributed by atoms with Gasteiger partial charge in [-0.3, -0.25) is 4.79 Å². The highest BCUT2D eigenvalue weighted by Gasteiger charge is 2.28. The molecule has 0 fully saturated rings. The summed E-state index contributed by atoms with van der Waals surface area (Å²) in [4.78, 5) is 20.7. The van der Waals surface area contributed by atoms with Gasteiger partial charge in [0.15, 0.2) is 11.3 Å². The lowest BCUT2D eigenvalue weighted by Gasteiger charge is -2.04. The molecule has 0 bridgehead atoms. The number of carbonyl (C=O) groups is 1. The fourth-order valence-corrected chi connectivity index (χ4v) is 2.70. The molecule has 0 saturated heterocycles. The van der Waals surface area contributed by atoms with E-state index >= 15 is 0 Å². The third-order valence-electron chi connectivity index (χ3n) is 2.81. The van der Waals surface area contributed by atoms with Crippen molar-refractivity contribution in [2.24, 2.45) is 0 Å². The zero-order chi connectivity index (χ0) is 13.4. The van der Waals surface area contributed by atoms with E-state index in [1.165, 1.54) is 11.8 Å². The number of carbonyl (C=O) groups excluding carboxylic acids is 1. The zero-order valence-electron chi connectivity index (χ0n) is 10.1. The third-order valence-corrected chi connectivity index (χ3v) is 3.68. The van der Waals surface area contributed by atoms with E-state index in [-0.39, 0.29) is 5.91 Å². The van der Waals surface area contributed by atoms with Gasteiger partial charge in [-0.2, -0.15) is 0 Å². The van der Waals surface area contributed by atoms with Crippen LogP contribution in [0.3, 0.4) is 0 Å². The van der Waals surface area contributed by atoms with E-state index in [1.807, 2.05) is 25.1 Å². The van der Waals surface area contributed by atoms with Gasteiger partial charge < -0.3 is 10.4 Å². The predicted molar refractivity (Wildman–Crippen MR) is 70.9 cm³/mol. The molecule has 1 aromatic carbocycles. The highest BCUT2D eigenvalue weighted by atomic mass is 32.2. The number of amides is 1. The Kier molecular flexibility index (Phi) is 2.96. The van der Waals surface area contributed by atoms with Crippen LogP contribution in [0.2, 0.25) is 0 Å². The van der Waals surface area contributed by atoms with E-state index in [1.54, 1.807) is 12.3 Å². The number of aromatic nitrogens is 2. The molecule has 1 unspecified atom stereocenters. The Balaban J connectivity index is 1.88. The molecule has 5 nitrogen and oxygen atoms in total. The van der Waals surface area contributed by atoms with Crippen LogP contribution in [-0.2, 0) is 4.79 Å². The number of benzene rings is 1. The molecule has 0 aliphatic carbocycles. The van der Waals surface area contributed by atoms with Crippen LogP contribution in [-0.4, -0.2) is 21.0 Å². The number of anilines is 1. The standard InChI is InChI=1S/C13H11N3O2S/c1-7-4-5-14-13(15-7)19-8-2-3-9-10(6-8)16-12(18)11(9)17/h2-6,11,17H,1H3,(H,16,18). The minimum absolute atomic E-state index is 0.385. The first-order chi connectivity index (χ1) is 9.13. The van der Waals surface area contributed by atoms with Crippen molar-refractivity contribution in [3.63, 3.8) is 0 Å². The summed E-state index contributed by atoms with van der Waals surface area (Å²) in [6, 6.07) is 7.25. The summed E-state index contributed by atoms with van der Waals surface area (Å²) in [5, 5.41) is 12.9. The molecule has 2 heterocycles. The summed E-state index contributed by atoms with van der Waals surface area (Å²) >= 11 is 1.42. The number of fused-ring (bicyclic) bond motifs is 1. The monoisotopic (exact) mass is 273 g/mol. The summed E-state index contributed by atoms with van der Waals surface area (Å²) in [6.45, 7) is 1.91. The van der Waals surface area contributed by atoms with Gasteiger partial charge in [0.25, 0.3) is 5.91 Å². The SMILES string of the molecule is Cc1ccnc(Sc2ccc3c(c2)NC(=O)C3O)n1. The smallest absolute Gasteiger partial charge is 0.257 e. The van der Waals surface area contributed by atoms with E-state index in [4.69, 9.17) is 0 Å². The maximum atomic E-state index is 11.4. The summed E-state index contributed by atoms with van der Waals surface area (Å²) in [7, 11) is 0. The minimum atomic E-state index is -1.07. The van der Waals surface area contributed by atoms with Gasteiger partial charge >= 0.3 is 0 Å². The topological polar surface area (TPSA) is 75.1 Å². The number of aliphatic hydroxyl groups excluding tert-OH is 1. The summed E-state index contributed by atoms with van der Waals surface area (Å²) in [5.74, 6) is -0.385. The number of aliphatic hydroxyl groups is 1. The van der Waals surface area contributed by atoms with Crippen molar-refractivity contribution in [1.29, 1.82) is 0 Å². The Morgan fingerprint density at radius 2 is 2.21 bits per heavy atom. The van der Waals surface area contributed by atoms with Crippen molar-refractivity contribution < 1.29 is 9.90 Å². The molecule has 96 valence electrons. The lowest BCUT2D eigenvalue weighted by molar-refractivity contribution is -0.123. The number of aryl methyl sites for hydroxylation is 1. The molecule has 1 aliphatic rings. The Labute approximate surface area is 114 Å². The molecule has 0 radical (unpaired) electrons. The Bertz CT molecular complexity index is 660. The van der Waals surface area contributed by atoms with Gasteiger partial charge in [0, 0.05) is 28.0 Å². The molecule has 1 aliphatic heterocycles. The van der Waals surface area contributed by atoms with Crippen LogP contribution in [0.1, 0.15) is 17.4 Å². The lowest BCUT2D eigenvalue weighted by atomic mass is 10.1. The maximum absolute atomic E-state index is 11.4. The molecule has 2 N–H and O–H groups in total. The molecule has 3 rings (SSSR count). The summed E-state index contributed by atoms with van der Waals surface area (Å²) in [6.07, 6.45) is 0.646. The molecule has 19 heavy (non-hydrogen) atoms. The maximum Gasteiger partial charge on any atom is 0.257 e. The van der Waals surface area contributed by atoms with Gasteiger partial charge in [-0.1, -0.05) is 6.07 Å². The van der Waals surface area contributed by atoms with Crippen LogP contribution < -0.4 is 5.32 Å². The highest BCUT2D eigenvalue weighted by Crippen LogP contribution is 2.35. The number of hydrogen-bond acceptors (Lipinski definition) is 5. The van der Waals surface area contributed by atoms with Crippen LogP contribution in [0.4, 0.5) is 5.69 Å². The average Bonchev–Trinajstić information content (AvgIpc) is 2.65. The molecule has 6 heteroatoms. The largest absolute Gasteiger partial charge is 0.378 e. The second kappa shape index (κ2) is 4.64. The van der Waals surface area contributed by atoms with Crippen LogP contribution in [0.25, 0.3) is 0 Å². The van der Waals surface area contributed by atoms with Crippen molar-refractivity contribution in [3.8, 4) is 0 Å². The summed E-state index contributed by atoms with van der Waals surface area (Å²) in [5.41, 5.74) is 2.16. The Morgan fingerprint density at radius 1 is 1.37 bits per heavy atom. The molecule has 1 aromatic heterocycles. The van der Waals surface area contributed by atoms with Crippen molar-refractivity contribution in [2.45, 2.75) is 23.1 Å². The first-order valence-corrected chi connectivity index (χ1v) is 6.55. The first-order valence-electron chi connectivity index (χ1n) is 5.74. The number of nitrogens with zero attached hydrogens (tertiary/aromatic N) is 2. The fraction of sp³-hybridized carbons (Fsp3) is 0.154. The van der Waals surface area contributed by atoms with E-state index in [2.05, 4.69) is 15.3 Å².